The van der Waals surface area contributed by atoms with Gasteiger partial charge in [0.25, 0.3) is 0 Å². The van der Waals surface area contributed by atoms with Gasteiger partial charge >= 0.3 is 0 Å². The van der Waals surface area contributed by atoms with Gasteiger partial charge in [-0.1, -0.05) is 191 Å². The fraction of sp³-hybridized carbons (Fsp3) is 0.0882. The first-order valence-corrected chi connectivity index (χ1v) is 24.7. The van der Waals surface area contributed by atoms with E-state index in [4.69, 9.17) is 0 Å². The van der Waals surface area contributed by atoms with Crippen molar-refractivity contribution in [2.45, 2.75) is 38.5 Å². The second kappa shape index (κ2) is 15.0. The Balaban J connectivity index is 0.942. The van der Waals surface area contributed by atoms with E-state index >= 15 is 0 Å². The Bertz CT molecular complexity index is 4000. The van der Waals surface area contributed by atoms with Crippen LogP contribution in [0.4, 0.5) is 34.1 Å². The van der Waals surface area contributed by atoms with Crippen LogP contribution in [0.2, 0.25) is 0 Å². The highest BCUT2D eigenvalue weighted by Gasteiger charge is 2.47. The molecule has 0 saturated heterocycles. The van der Waals surface area contributed by atoms with Gasteiger partial charge in [0.15, 0.2) is 0 Å². The van der Waals surface area contributed by atoms with Crippen molar-refractivity contribution in [3.8, 4) is 22.3 Å². The summed E-state index contributed by atoms with van der Waals surface area (Å²) in [4.78, 5) is 4.95. The molecule has 0 bridgehead atoms. The van der Waals surface area contributed by atoms with Crippen LogP contribution in [0.25, 0.3) is 76.1 Å². The van der Waals surface area contributed by atoms with Crippen LogP contribution in [-0.4, -0.2) is 0 Å². The average molecular weight is 895 g/mol. The Morgan fingerprint density at radius 2 is 0.629 bits per heavy atom. The second-order valence-electron chi connectivity index (χ2n) is 20.6. The van der Waals surface area contributed by atoms with E-state index in [0.29, 0.717) is 0 Å². The normalized spacial score (nSPS) is 13.9. The van der Waals surface area contributed by atoms with E-state index in [-0.39, 0.29) is 10.8 Å². The summed E-state index contributed by atoms with van der Waals surface area (Å²) < 4.78 is 0. The number of anilines is 6. The van der Waals surface area contributed by atoms with Gasteiger partial charge in [0.2, 0.25) is 0 Å². The summed E-state index contributed by atoms with van der Waals surface area (Å²) in [5.41, 5.74) is 17.3. The number of rotatable bonds is 6. The SMILES string of the molecule is CC1(C)c2cc(N(c3ccc4ccccc4c3)c3ccc4ccccc4c3)ccc2-c2ccc3c(c21)C(C)(C)c1cc(N(c2ccc4ccccc4c2)c2ccc4ccccc4c2)c2ccccc2c1-3. The molecule has 0 radical (unpaired) electrons. The molecule has 0 fully saturated rings. The van der Waals surface area contributed by atoms with Crippen molar-refractivity contribution in [1.29, 1.82) is 0 Å². The molecule has 0 atom stereocenters. The Labute approximate surface area is 409 Å². The molecule has 70 heavy (non-hydrogen) atoms. The third kappa shape index (κ3) is 5.99. The molecule has 0 aliphatic heterocycles. The standard InChI is InChI=1S/C68H50N2/c1-67(2)61-41-55(69(51-29-25-43-15-5-9-19-47(43)37-51)52-30-26-44-16-6-10-20-48(44)38-52)33-34-56(61)59-35-36-60-64-58-24-14-13-23-57(58)63(42-62(64)68(3,4)66(60)65(59)67)70(53-31-27-45-17-7-11-21-49(45)39-53)54-32-28-46-18-8-12-22-50(46)40-54/h5-42H,1-4H3. The predicted octanol–water partition coefficient (Wildman–Crippen LogP) is 19.0. The molecule has 332 valence electrons. The molecule has 0 aromatic heterocycles. The lowest BCUT2D eigenvalue weighted by Crippen LogP contribution is -2.24. The molecule has 2 nitrogen and oxygen atoms in total. The smallest absolute Gasteiger partial charge is 0.0543 e. The highest BCUT2D eigenvalue weighted by atomic mass is 15.1. The molecule has 0 heterocycles. The molecule has 14 rings (SSSR count). The van der Waals surface area contributed by atoms with Gasteiger partial charge in [-0.2, -0.15) is 0 Å². The van der Waals surface area contributed by atoms with Crippen molar-refractivity contribution in [1.82, 2.24) is 0 Å². The minimum Gasteiger partial charge on any atom is -0.310 e. The quantitative estimate of drug-likeness (QED) is 0.164. The lowest BCUT2D eigenvalue weighted by Gasteiger charge is -2.32. The van der Waals surface area contributed by atoms with Crippen LogP contribution < -0.4 is 9.80 Å². The van der Waals surface area contributed by atoms with Crippen LogP contribution in [-0.2, 0) is 10.8 Å². The van der Waals surface area contributed by atoms with E-state index in [1.165, 1.54) is 104 Å². The fourth-order valence-electron chi connectivity index (χ4n) is 12.5. The Hall–Kier alpha value is -8.46. The van der Waals surface area contributed by atoms with E-state index in [0.717, 1.165) is 28.4 Å². The van der Waals surface area contributed by atoms with Crippen LogP contribution in [0.3, 0.4) is 0 Å². The van der Waals surface area contributed by atoms with Gasteiger partial charge < -0.3 is 9.80 Å². The predicted molar refractivity (Wildman–Crippen MR) is 298 cm³/mol. The molecule has 12 aromatic rings. The molecular weight excluding hydrogens is 845 g/mol. The monoisotopic (exact) mass is 894 g/mol. The summed E-state index contributed by atoms with van der Waals surface area (Å²) in [6, 6.07) is 86.0. The number of hydrogen-bond donors (Lipinski definition) is 0. The van der Waals surface area contributed by atoms with Gasteiger partial charge in [0, 0.05) is 44.7 Å². The maximum absolute atomic E-state index is 2.53. The molecule has 12 aromatic carbocycles. The topological polar surface area (TPSA) is 6.48 Å². The second-order valence-corrected chi connectivity index (χ2v) is 20.6. The molecule has 2 heteroatoms. The molecule has 0 saturated carbocycles. The molecular formula is C68H50N2. The van der Waals surface area contributed by atoms with Crippen molar-refractivity contribution in [2.75, 3.05) is 9.80 Å². The highest BCUT2D eigenvalue weighted by molar-refractivity contribution is 6.11. The number of fused-ring (bicyclic) bond motifs is 13. The van der Waals surface area contributed by atoms with Crippen LogP contribution in [0.5, 0.6) is 0 Å². The minimum absolute atomic E-state index is 0.287. The summed E-state index contributed by atoms with van der Waals surface area (Å²) in [5, 5.41) is 12.4. The first kappa shape index (κ1) is 40.6. The third-order valence-corrected chi connectivity index (χ3v) is 15.9. The number of hydrogen-bond acceptors (Lipinski definition) is 2. The Kier molecular flexibility index (Phi) is 8.71. The first-order chi connectivity index (χ1) is 34.2. The van der Waals surface area contributed by atoms with E-state index in [9.17, 15) is 0 Å². The van der Waals surface area contributed by atoms with Gasteiger partial charge in [0.1, 0.15) is 0 Å². The van der Waals surface area contributed by atoms with E-state index in [1.54, 1.807) is 0 Å². The maximum atomic E-state index is 2.53. The van der Waals surface area contributed by atoms with Crippen LogP contribution in [0.1, 0.15) is 49.9 Å². The fourth-order valence-corrected chi connectivity index (χ4v) is 12.5. The lowest BCUT2D eigenvalue weighted by molar-refractivity contribution is 0.601. The lowest BCUT2D eigenvalue weighted by atomic mass is 9.72. The molecule has 2 aliphatic rings. The molecule has 0 amide bonds. The van der Waals surface area contributed by atoms with Gasteiger partial charge in [-0.15, -0.1) is 0 Å². The zero-order valence-electron chi connectivity index (χ0n) is 39.8. The largest absolute Gasteiger partial charge is 0.310 e. The van der Waals surface area contributed by atoms with Crippen molar-refractivity contribution in [3.63, 3.8) is 0 Å². The van der Waals surface area contributed by atoms with Gasteiger partial charge in [-0.05, 0) is 160 Å². The van der Waals surface area contributed by atoms with E-state index < -0.39 is 0 Å². The van der Waals surface area contributed by atoms with E-state index in [1.807, 2.05) is 0 Å². The summed E-state index contributed by atoms with van der Waals surface area (Å²) in [5.74, 6) is 0. The average Bonchev–Trinajstić information content (AvgIpc) is 3.77. The first-order valence-electron chi connectivity index (χ1n) is 24.7. The maximum Gasteiger partial charge on any atom is 0.0543 e. The Morgan fingerprint density at radius 3 is 1.13 bits per heavy atom. The molecule has 2 aliphatic carbocycles. The summed E-state index contributed by atoms with van der Waals surface area (Å²) in [6.45, 7) is 9.86. The number of benzene rings is 12. The highest BCUT2D eigenvalue weighted by Crippen LogP contribution is 2.62. The number of nitrogens with zero attached hydrogens (tertiary/aromatic N) is 2. The summed E-state index contributed by atoms with van der Waals surface area (Å²) >= 11 is 0. The molecule has 0 N–H and O–H groups in total. The zero-order chi connectivity index (χ0) is 46.9. The van der Waals surface area contributed by atoms with Gasteiger partial charge in [-0.25, -0.2) is 0 Å². The van der Waals surface area contributed by atoms with Crippen LogP contribution in [0, 0.1) is 0 Å². The summed E-state index contributed by atoms with van der Waals surface area (Å²) in [7, 11) is 0. The molecule has 0 unspecified atom stereocenters. The minimum atomic E-state index is -0.308. The van der Waals surface area contributed by atoms with E-state index in [2.05, 4.69) is 268 Å². The van der Waals surface area contributed by atoms with Crippen molar-refractivity contribution in [3.05, 3.63) is 253 Å². The van der Waals surface area contributed by atoms with Crippen LogP contribution >= 0.6 is 0 Å². The van der Waals surface area contributed by atoms with Crippen molar-refractivity contribution in [2.24, 2.45) is 0 Å². The third-order valence-electron chi connectivity index (χ3n) is 15.9. The van der Waals surface area contributed by atoms with Crippen molar-refractivity contribution >= 4 is 88.0 Å². The van der Waals surface area contributed by atoms with Gasteiger partial charge in [-0.3, -0.25) is 0 Å². The van der Waals surface area contributed by atoms with Crippen LogP contribution in [0.15, 0.2) is 231 Å². The summed E-state index contributed by atoms with van der Waals surface area (Å²) in [6.07, 6.45) is 0. The van der Waals surface area contributed by atoms with Crippen molar-refractivity contribution < 1.29 is 0 Å². The van der Waals surface area contributed by atoms with Gasteiger partial charge in [0.05, 0.1) is 5.69 Å². The molecule has 0 spiro atoms. The zero-order valence-corrected chi connectivity index (χ0v) is 39.8. The Morgan fingerprint density at radius 1 is 0.271 bits per heavy atom.